The molecule has 1 N–H and O–H groups in total. The first kappa shape index (κ1) is 23.1. The minimum atomic E-state index is -0.406. The number of allylic oxidation sites excluding steroid dienone is 2. The number of ketones is 1. The first-order valence-electron chi connectivity index (χ1n) is 13.6. The topological polar surface area (TPSA) is 37.3 Å². The van der Waals surface area contributed by atoms with Crippen LogP contribution in [0, 0.1) is 56.7 Å². The van der Waals surface area contributed by atoms with Gasteiger partial charge in [-0.1, -0.05) is 60.1 Å². The SMILES string of the molecule is CC1=CC[C@]2(C)CC[C@]3(C)[C@H](CC[C@@H]4[C@@]5(C)CCC(=O)C(C)(C)[C@@H]5[C@H](O)C[C@]43C)[C@H]2[C@@H]1C. The van der Waals surface area contributed by atoms with Gasteiger partial charge in [-0.15, -0.1) is 0 Å². The van der Waals surface area contributed by atoms with Crippen molar-refractivity contribution in [3.05, 3.63) is 11.6 Å². The van der Waals surface area contributed by atoms with Crippen molar-refractivity contribution in [2.75, 3.05) is 0 Å². The zero-order valence-corrected chi connectivity index (χ0v) is 22.1. The molecular weight excluding hydrogens is 392 g/mol. The van der Waals surface area contributed by atoms with E-state index in [-0.39, 0.29) is 28.3 Å². The largest absolute Gasteiger partial charge is 0.393 e. The van der Waals surface area contributed by atoms with Crippen LogP contribution in [0.2, 0.25) is 0 Å². The number of aliphatic hydroxyl groups is 1. The van der Waals surface area contributed by atoms with Crippen molar-refractivity contribution in [2.24, 2.45) is 56.7 Å². The number of rotatable bonds is 0. The molecule has 2 heteroatoms. The van der Waals surface area contributed by atoms with Crippen molar-refractivity contribution in [2.45, 2.75) is 113 Å². The van der Waals surface area contributed by atoms with Gasteiger partial charge in [-0.25, -0.2) is 0 Å². The van der Waals surface area contributed by atoms with Crippen LogP contribution < -0.4 is 0 Å². The molecule has 0 spiro atoms. The molecule has 2 nitrogen and oxygen atoms in total. The summed E-state index contributed by atoms with van der Waals surface area (Å²) in [4.78, 5) is 12.9. The minimum Gasteiger partial charge on any atom is -0.393 e. The van der Waals surface area contributed by atoms with Crippen LogP contribution in [0.15, 0.2) is 11.6 Å². The fraction of sp³-hybridized carbons (Fsp3) is 0.900. The van der Waals surface area contributed by atoms with E-state index in [9.17, 15) is 9.90 Å². The second-order valence-electron chi connectivity index (χ2n) is 14.6. The standard InChI is InChI=1S/C30H48O2/c1-18-11-13-27(5)15-16-29(7)20(24(27)19(18)2)9-10-22-28(6)14-12-23(32)26(3,4)25(28)21(31)17-30(22,29)8/h11,19-22,24-25,31H,9-10,12-17H2,1-8H3/t19-,20-,21-,22-,24-,25+,27-,28-,29-,30-/m1/s1. The number of aliphatic hydroxyl groups excluding tert-OH is 1. The Hall–Kier alpha value is -0.630. The van der Waals surface area contributed by atoms with Crippen LogP contribution in [0.5, 0.6) is 0 Å². The third-order valence-electron chi connectivity index (χ3n) is 13.2. The van der Waals surface area contributed by atoms with Crippen molar-refractivity contribution in [3.63, 3.8) is 0 Å². The molecule has 180 valence electrons. The van der Waals surface area contributed by atoms with E-state index in [1.54, 1.807) is 5.57 Å². The second kappa shape index (κ2) is 6.73. The van der Waals surface area contributed by atoms with E-state index in [1.165, 1.54) is 32.1 Å². The summed E-state index contributed by atoms with van der Waals surface area (Å²) in [7, 11) is 0. The number of hydrogen-bond acceptors (Lipinski definition) is 2. The number of carbonyl (C=O) groups excluding carboxylic acids is 1. The summed E-state index contributed by atoms with van der Waals surface area (Å²) < 4.78 is 0. The van der Waals surface area contributed by atoms with E-state index >= 15 is 0 Å². The lowest BCUT2D eigenvalue weighted by Crippen LogP contribution is -2.69. The van der Waals surface area contributed by atoms with Gasteiger partial charge in [0.25, 0.3) is 0 Å². The van der Waals surface area contributed by atoms with Gasteiger partial charge in [0.1, 0.15) is 5.78 Å². The molecule has 0 bridgehead atoms. The Morgan fingerprint density at radius 1 is 0.969 bits per heavy atom. The lowest BCUT2D eigenvalue weighted by Gasteiger charge is -2.73. The summed E-state index contributed by atoms with van der Waals surface area (Å²) in [5.74, 6) is 3.25. The highest BCUT2D eigenvalue weighted by Crippen LogP contribution is 2.76. The molecule has 0 saturated heterocycles. The maximum Gasteiger partial charge on any atom is 0.138 e. The van der Waals surface area contributed by atoms with Crippen LogP contribution >= 0.6 is 0 Å². The number of hydrogen-bond donors (Lipinski definition) is 1. The highest BCUT2D eigenvalue weighted by atomic mass is 16.3. The van der Waals surface area contributed by atoms with Gasteiger partial charge in [-0.05, 0) is 97.2 Å². The Kier molecular flexibility index (Phi) is 4.87. The van der Waals surface area contributed by atoms with E-state index in [0.29, 0.717) is 29.5 Å². The molecule has 32 heavy (non-hydrogen) atoms. The van der Waals surface area contributed by atoms with Crippen LogP contribution in [0.3, 0.4) is 0 Å². The summed E-state index contributed by atoms with van der Waals surface area (Å²) in [6.07, 6.45) is 11.2. The van der Waals surface area contributed by atoms with Gasteiger partial charge >= 0.3 is 0 Å². The molecular formula is C30H48O2. The Morgan fingerprint density at radius 2 is 1.66 bits per heavy atom. The summed E-state index contributed by atoms with van der Waals surface area (Å²) in [6.45, 7) is 19.3. The quantitative estimate of drug-likeness (QED) is 0.404. The highest BCUT2D eigenvalue weighted by molar-refractivity contribution is 5.85. The van der Waals surface area contributed by atoms with Crippen molar-refractivity contribution in [1.29, 1.82) is 0 Å². The molecule has 5 aliphatic rings. The summed E-state index contributed by atoms with van der Waals surface area (Å²) in [5, 5.41) is 11.7. The monoisotopic (exact) mass is 440 g/mol. The van der Waals surface area contributed by atoms with Crippen molar-refractivity contribution >= 4 is 5.78 Å². The molecule has 10 atom stereocenters. The van der Waals surface area contributed by atoms with Crippen LogP contribution in [0.4, 0.5) is 0 Å². The maximum atomic E-state index is 12.9. The van der Waals surface area contributed by atoms with Gasteiger partial charge in [0.2, 0.25) is 0 Å². The van der Waals surface area contributed by atoms with Gasteiger partial charge in [0.05, 0.1) is 6.10 Å². The Morgan fingerprint density at radius 3 is 2.34 bits per heavy atom. The molecule has 0 heterocycles. The van der Waals surface area contributed by atoms with Crippen molar-refractivity contribution in [1.82, 2.24) is 0 Å². The fourth-order valence-electron chi connectivity index (χ4n) is 11.3. The molecule has 0 aliphatic heterocycles. The Labute approximate surface area is 197 Å². The van der Waals surface area contributed by atoms with Gasteiger partial charge < -0.3 is 5.11 Å². The first-order chi connectivity index (χ1) is 14.7. The first-order valence-corrected chi connectivity index (χ1v) is 13.6. The smallest absolute Gasteiger partial charge is 0.138 e. The Balaban J connectivity index is 1.59. The lowest BCUT2D eigenvalue weighted by atomic mass is 9.31. The van der Waals surface area contributed by atoms with Gasteiger partial charge in [0.15, 0.2) is 0 Å². The van der Waals surface area contributed by atoms with Crippen molar-refractivity contribution < 1.29 is 9.90 Å². The van der Waals surface area contributed by atoms with E-state index in [0.717, 1.165) is 24.7 Å². The molecule has 0 aromatic rings. The van der Waals surface area contributed by atoms with Gasteiger partial charge in [-0.2, -0.15) is 0 Å². The summed E-state index contributed by atoms with van der Waals surface area (Å²) in [5.41, 5.74) is 2.11. The second-order valence-corrected chi connectivity index (χ2v) is 14.6. The fourth-order valence-corrected chi connectivity index (χ4v) is 11.3. The summed E-state index contributed by atoms with van der Waals surface area (Å²) in [6, 6.07) is 0. The molecule has 4 saturated carbocycles. The molecule has 4 fully saturated rings. The zero-order chi connectivity index (χ0) is 23.5. The molecule has 0 aromatic carbocycles. The van der Waals surface area contributed by atoms with E-state index in [2.05, 4.69) is 61.5 Å². The third-order valence-corrected chi connectivity index (χ3v) is 13.2. The average Bonchev–Trinajstić information content (AvgIpc) is 2.69. The van der Waals surface area contributed by atoms with E-state index in [1.807, 2.05) is 0 Å². The van der Waals surface area contributed by atoms with E-state index in [4.69, 9.17) is 0 Å². The zero-order valence-electron chi connectivity index (χ0n) is 22.1. The van der Waals surface area contributed by atoms with Crippen LogP contribution in [0.1, 0.15) is 107 Å². The third kappa shape index (κ3) is 2.60. The number of fused-ring (bicyclic) bond motifs is 7. The summed E-state index contributed by atoms with van der Waals surface area (Å²) >= 11 is 0. The number of Topliss-reactive ketones (excluding diaryl/α,β-unsaturated/α-hetero) is 1. The lowest BCUT2D eigenvalue weighted by molar-refractivity contribution is -0.261. The normalized spacial score (nSPS) is 56.9. The van der Waals surface area contributed by atoms with E-state index < -0.39 is 5.41 Å². The predicted octanol–water partition coefficient (Wildman–Crippen LogP) is 7.20. The maximum absolute atomic E-state index is 12.9. The van der Waals surface area contributed by atoms with Crippen LogP contribution in [-0.4, -0.2) is 17.0 Å². The number of carbonyl (C=O) groups is 1. The molecule has 5 rings (SSSR count). The van der Waals surface area contributed by atoms with Gasteiger partial charge in [-0.3, -0.25) is 4.79 Å². The molecule has 5 aliphatic carbocycles. The van der Waals surface area contributed by atoms with Gasteiger partial charge in [0, 0.05) is 17.8 Å². The Bertz CT molecular complexity index is 855. The van der Waals surface area contributed by atoms with Crippen LogP contribution in [0.25, 0.3) is 0 Å². The highest BCUT2D eigenvalue weighted by Gasteiger charge is 2.71. The predicted molar refractivity (Wildman–Crippen MR) is 131 cm³/mol. The van der Waals surface area contributed by atoms with Crippen LogP contribution in [-0.2, 0) is 4.79 Å². The molecule has 0 unspecified atom stereocenters. The minimum absolute atomic E-state index is 0.0621. The van der Waals surface area contributed by atoms with Crippen molar-refractivity contribution in [3.8, 4) is 0 Å². The molecule has 0 radical (unpaired) electrons. The molecule has 0 amide bonds. The average molecular weight is 441 g/mol. The molecule has 0 aromatic heterocycles.